The summed E-state index contributed by atoms with van der Waals surface area (Å²) in [6, 6.07) is 10.6. The quantitative estimate of drug-likeness (QED) is 0.737. The van der Waals surface area contributed by atoms with E-state index in [2.05, 4.69) is 10.3 Å². The lowest BCUT2D eigenvalue weighted by Crippen LogP contribution is -2.06. The molecule has 122 valence electrons. The molecular formula is C17H11F3N2O2. The van der Waals surface area contributed by atoms with Gasteiger partial charge in [0.25, 0.3) is 0 Å². The lowest BCUT2D eigenvalue weighted by molar-refractivity contribution is -0.136. The summed E-state index contributed by atoms with van der Waals surface area (Å²) < 4.78 is 50.0. The molecule has 0 unspecified atom stereocenters. The molecule has 0 radical (unpaired) electrons. The van der Waals surface area contributed by atoms with Gasteiger partial charge < -0.3 is 14.8 Å². The predicted molar refractivity (Wildman–Crippen MR) is 82.6 cm³/mol. The number of halogens is 3. The summed E-state index contributed by atoms with van der Waals surface area (Å²) in [5, 5.41) is 3.54. The summed E-state index contributed by atoms with van der Waals surface area (Å²) in [4.78, 5) is 4.17. The van der Waals surface area contributed by atoms with E-state index in [1.54, 1.807) is 24.3 Å². The predicted octanol–water partition coefficient (Wildman–Crippen LogP) is 4.73. The zero-order valence-electron chi connectivity index (χ0n) is 12.2. The molecule has 0 aliphatic carbocycles. The Bertz CT molecular complexity index is 925. The van der Waals surface area contributed by atoms with Gasteiger partial charge in [-0.15, -0.1) is 0 Å². The van der Waals surface area contributed by atoms with E-state index in [9.17, 15) is 13.2 Å². The van der Waals surface area contributed by atoms with E-state index in [-0.39, 0.29) is 12.2 Å². The molecule has 0 amide bonds. The number of hydrogen-bond donors (Lipinski definition) is 1. The van der Waals surface area contributed by atoms with E-state index in [0.717, 1.165) is 6.07 Å². The van der Waals surface area contributed by atoms with Crippen LogP contribution in [0.3, 0.4) is 0 Å². The van der Waals surface area contributed by atoms with Gasteiger partial charge in [0.05, 0.1) is 5.56 Å². The molecule has 1 aliphatic heterocycles. The van der Waals surface area contributed by atoms with Crippen LogP contribution in [0.1, 0.15) is 5.56 Å². The summed E-state index contributed by atoms with van der Waals surface area (Å²) in [6.07, 6.45) is -3.07. The highest BCUT2D eigenvalue weighted by atomic mass is 19.4. The van der Waals surface area contributed by atoms with Crippen LogP contribution in [0, 0.1) is 0 Å². The van der Waals surface area contributed by atoms with E-state index in [1.165, 1.54) is 18.3 Å². The van der Waals surface area contributed by atoms with Gasteiger partial charge in [0, 0.05) is 23.3 Å². The Hall–Kier alpha value is -2.96. The first kappa shape index (κ1) is 14.6. The molecule has 2 heterocycles. The molecular weight excluding hydrogens is 321 g/mol. The molecule has 1 aromatic heterocycles. The van der Waals surface area contributed by atoms with Gasteiger partial charge in [-0.25, -0.2) is 4.98 Å². The van der Waals surface area contributed by atoms with Crippen molar-refractivity contribution in [1.29, 1.82) is 0 Å². The zero-order valence-corrected chi connectivity index (χ0v) is 12.2. The van der Waals surface area contributed by atoms with Gasteiger partial charge in [-0.3, -0.25) is 0 Å². The first-order chi connectivity index (χ1) is 11.5. The van der Waals surface area contributed by atoms with Crippen molar-refractivity contribution in [2.75, 3.05) is 12.1 Å². The highest BCUT2D eigenvalue weighted by Crippen LogP contribution is 2.38. The van der Waals surface area contributed by atoms with Crippen molar-refractivity contribution in [3.05, 3.63) is 54.2 Å². The summed E-state index contributed by atoms with van der Waals surface area (Å²) in [7, 11) is 0. The van der Waals surface area contributed by atoms with Crippen LogP contribution in [0.5, 0.6) is 11.5 Å². The number of hydrogen-bond acceptors (Lipinski definition) is 4. The number of nitrogens with zero attached hydrogens (tertiary/aromatic N) is 1. The minimum absolute atomic E-state index is 0.100. The molecule has 0 bridgehead atoms. The van der Waals surface area contributed by atoms with Crippen molar-refractivity contribution in [3.63, 3.8) is 0 Å². The number of anilines is 2. The van der Waals surface area contributed by atoms with Crippen molar-refractivity contribution in [2.45, 2.75) is 6.18 Å². The molecule has 24 heavy (non-hydrogen) atoms. The van der Waals surface area contributed by atoms with Gasteiger partial charge in [0.15, 0.2) is 11.5 Å². The van der Waals surface area contributed by atoms with Crippen LogP contribution in [-0.4, -0.2) is 11.8 Å². The van der Waals surface area contributed by atoms with Crippen molar-refractivity contribution >= 4 is 22.3 Å². The third-order valence-electron chi connectivity index (χ3n) is 3.75. The molecule has 0 fully saturated rings. The monoisotopic (exact) mass is 332 g/mol. The van der Waals surface area contributed by atoms with Crippen molar-refractivity contribution < 1.29 is 22.6 Å². The number of aromatic nitrogens is 1. The molecule has 7 heteroatoms. The molecule has 0 saturated carbocycles. The number of ether oxygens (including phenoxy) is 2. The van der Waals surface area contributed by atoms with Crippen molar-refractivity contribution in [3.8, 4) is 11.5 Å². The summed E-state index contributed by atoms with van der Waals surface area (Å²) in [5.74, 6) is 1.56. The molecule has 2 aromatic carbocycles. The maximum absolute atomic E-state index is 13.2. The highest BCUT2D eigenvalue weighted by Gasteiger charge is 2.32. The minimum atomic E-state index is -4.42. The van der Waals surface area contributed by atoms with Crippen LogP contribution in [0.2, 0.25) is 0 Å². The number of nitrogens with one attached hydrogen (secondary N) is 1. The third-order valence-corrected chi connectivity index (χ3v) is 3.75. The Kier molecular flexibility index (Phi) is 3.23. The second-order valence-electron chi connectivity index (χ2n) is 5.25. The first-order valence-electron chi connectivity index (χ1n) is 7.14. The van der Waals surface area contributed by atoms with Crippen LogP contribution >= 0.6 is 0 Å². The second kappa shape index (κ2) is 5.30. The van der Waals surface area contributed by atoms with Crippen LogP contribution < -0.4 is 14.8 Å². The molecule has 3 aromatic rings. The maximum Gasteiger partial charge on any atom is 0.417 e. The SMILES string of the molecule is FC(F)(F)c1cccc2c(Nc3ccc4c(c3)OCO4)nccc12. The largest absolute Gasteiger partial charge is 0.454 e. The molecule has 1 aliphatic rings. The Morgan fingerprint density at radius 3 is 2.62 bits per heavy atom. The molecule has 1 N–H and O–H groups in total. The van der Waals surface area contributed by atoms with Gasteiger partial charge in [-0.05, 0) is 29.7 Å². The Morgan fingerprint density at radius 2 is 1.79 bits per heavy atom. The molecule has 0 atom stereocenters. The van der Waals surface area contributed by atoms with Gasteiger partial charge in [0.2, 0.25) is 6.79 Å². The van der Waals surface area contributed by atoms with Crippen LogP contribution in [0.25, 0.3) is 10.8 Å². The van der Waals surface area contributed by atoms with Crippen molar-refractivity contribution in [2.24, 2.45) is 0 Å². The normalized spacial score (nSPS) is 13.3. The van der Waals surface area contributed by atoms with Gasteiger partial charge in [0.1, 0.15) is 5.82 Å². The number of fused-ring (bicyclic) bond motifs is 2. The molecule has 4 rings (SSSR count). The van der Waals surface area contributed by atoms with Crippen LogP contribution in [0.15, 0.2) is 48.7 Å². The average molecular weight is 332 g/mol. The standard InChI is InChI=1S/C17H11F3N2O2/c18-17(19,20)13-3-1-2-12-11(13)6-7-21-16(12)22-10-4-5-14-15(8-10)24-9-23-14/h1-8H,9H2,(H,21,22). The fourth-order valence-corrected chi connectivity index (χ4v) is 2.66. The summed E-state index contributed by atoms with van der Waals surface area (Å²) in [6.45, 7) is 0.153. The molecule has 0 saturated heterocycles. The first-order valence-corrected chi connectivity index (χ1v) is 7.14. The Labute approximate surface area is 134 Å². The lowest BCUT2D eigenvalue weighted by atomic mass is 10.1. The van der Waals surface area contributed by atoms with E-state index >= 15 is 0 Å². The van der Waals surface area contributed by atoms with Gasteiger partial charge >= 0.3 is 6.18 Å². The fourth-order valence-electron chi connectivity index (χ4n) is 2.66. The van der Waals surface area contributed by atoms with E-state index in [1.807, 2.05) is 0 Å². The van der Waals surface area contributed by atoms with Gasteiger partial charge in [-0.2, -0.15) is 13.2 Å². The van der Waals surface area contributed by atoms with E-state index < -0.39 is 11.7 Å². The summed E-state index contributed by atoms with van der Waals surface area (Å²) in [5.41, 5.74) is -0.0344. The fraction of sp³-hybridized carbons (Fsp3) is 0.118. The highest BCUT2D eigenvalue weighted by molar-refractivity contribution is 5.95. The van der Waals surface area contributed by atoms with Gasteiger partial charge in [-0.1, -0.05) is 12.1 Å². The van der Waals surface area contributed by atoms with Crippen LogP contribution in [-0.2, 0) is 6.18 Å². The number of rotatable bonds is 2. The molecule has 0 spiro atoms. The van der Waals surface area contributed by atoms with Crippen LogP contribution in [0.4, 0.5) is 24.7 Å². The average Bonchev–Trinajstić information content (AvgIpc) is 3.01. The van der Waals surface area contributed by atoms with Crippen molar-refractivity contribution in [1.82, 2.24) is 4.98 Å². The third kappa shape index (κ3) is 2.47. The van der Waals surface area contributed by atoms with E-state index in [0.29, 0.717) is 28.4 Å². The second-order valence-corrected chi connectivity index (χ2v) is 5.25. The number of pyridine rings is 1. The number of alkyl halides is 3. The minimum Gasteiger partial charge on any atom is -0.454 e. The zero-order chi connectivity index (χ0) is 16.7. The number of benzene rings is 2. The Balaban J connectivity index is 1.77. The topological polar surface area (TPSA) is 43.4 Å². The summed E-state index contributed by atoms with van der Waals surface area (Å²) >= 11 is 0. The Morgan fingerprint density at radius 1 is 0.958 bits per heavy atom. The lowest BCUT2D eigenvalue weighted by Gasteiger charge is -2.13. The van der Waals surface area contributed by atoms with E-state index in [4.69, 9.17) is 9.47 Å². The maximum atomic E-state index is 13.2. The molecule has 4 nitrogen and oxygen atoms in total. The smallest absolute Gasteiger partial charge is 0.417 e.